The highest BCUT2D eigenvalue weighted by Gasteiger charge is 2.33. The van der Waals surface area contributed by atoms with Crippen molar-refractivity contribution in [2.24, 2.45) is 0 Å². The van der Waals surface area contributed by atoms with Crippen molar-refractivity contribution in [3.63, 3.8) is 0 Å². The van der Waals surface area contributed by atoms with E-state index in [1.807, 2.05) is 24.3 Å². The molecule has 0 spiro atoms. The standard InChI is InChI=1S/C22H17F3N6O/c23-22(24,25)14-7-8-17-28-29-20(31(17)11-14)13-4-3-9-30(10-13)21-19-18(26-12-27-21)15-5-1-2-6-16(15)32-19/h1-2,5-8,11-13H,3-4,9-10H2. The number of furan rings is 1. The van der Waals surface area contributed by atoms with Crippen LogP contribution in [-0.2, 0) is 6.18 Å². The van der Waals surface area contributed by atoms with E-state index in [0.29, 0.717) is 29.4 Å². The molecule has 0 amide bonds. The summed E-state index contributed by atoms with van der Waals surface area (Å²) in [4.78, 5) is 11.0. The predicted octanol–water partition coefficient (Wildman–Crippen LogP) is 4.82. The molecular formula is C22H17F3N6O. The Kier molecular flexibility index (Phi) is 4.11. The Bertz CT molecular complexity index is 1460. The van der Waals surface area contributed by atoms with Crippen LogP contribution in [0.25, 0.3) is 27.7 Å². The second-order valence-corrected chi connectivity index (χ2v) is 7.96. The van der Waals surface area contributed by atoms with Gasteiger partial charge in [0.1, 0.15) is 23.3 Å². The molecule has 1 aromatic carbocycles. The summed E-state index contributed by atoms with van der Waals surface area (Å²) < 4.78 is 47.2. The van der Waals surface area contributed by atoms with Gasteiger partial charge in [0.05, 0.1) is 5.56 Å². The van der Waals surface area contributed by atoms with E-state index in [2.05, 4.69) is 25.1 Å². The highest BCUT2D eigenvalue weighted by Crippen LogP contribution is 2.36. The Balaban J connectivity index is 1.39. The van der Waals surface area contributed by atoms with E-state index in [9.17, 15) is 13.2 Å². The Morgan fingerprint density at radius 2 is 1.91 bits per heavy atom. The van der Waals surface area contributed by atoms with Crippen LogP contribution in [0.3, 0.4) is 0 Å². The van der Waals surface area contributed by atoms with Crippen molar-refractivity contribution in [1.29, 1.82) is 0 Å². The number of rotatable bonds is 2. The first kappa shape index (κ1) is 19.0. The Morgan fingerprint density at radius 3 is 2.78 bits per heavy atom. The number of aromatic nitrogens is 5. The fourth-order valence-electron chi connectivity index (χ4n) is 4.47. The maximum Gasteiger partial charge on any atom is 0.417 e. The molecule has 4 aromatic heterocycles. The number of para-hydroxylation sites is 1. The SMILES string of the molecule is FC(F)(F)c1ccc2nnc(C3CCCN(c4ncnc5c4oc4ccccc45)C3)n2c1. The lowest BCUT2D eigenvalue weighted by Gasteiger charge is -2.32. The van der Waals surface area contributed by atoms with Crippen molar-refractivity contribution in [3.8, 4) is 0 Å². The summed E-state index contributed by atoms with van der Waals surface area (Å²) in [6.45, 7) is 1.30. The van der Waals surface area contributed by atoms with Gasteiger partial charge in [-0.15, -0.1) is 10.2 Å². The van der Waals surface area contributed by atoms with Gasteiger partial charge < -0.3 is 9.32 Å². The Labute approximate surface area is 179 Å². The number of piperidine rings is 1. The van der Waals surface area contributed by atoms with E-state index >= 15 is 0 Å². The van der Waals surface area contributed by atoms with E-state index in [1.165, 1.54) is 16.8 Å². The number of pyridine rings is 1. The van der Waals surface area contributed by atoms with Crippen LogP contribution in [0.5, 0.6) is 0 Å². The average molecular weight is 438 g/mol. The van der Waals surface area contributed by atoms with Crippen LogP contribution in [0.4, 0.5) is 19.0 Å². The molecule has 0 bridgehead atoms. The summed E-state index contributed by atoms with van der Waals surface area (Å²) in [5.74, 6) is 1.10. The third-order valence-corrected chi connectivity index (χ3v) is 5.98. The molecule has 5 heterocycles. The fourth-order valence-corrected chi connectivity index (χ4v) is 4.47. The van der Waals surface area contributed by atoms with E-state index in [-0.39, 0.29) is 5.92 Å². The third-order valence-electron chi connectivity index (χ3n) is 5.98. The van der Waals surface area contributed by atoms with Gasteiger partial charge in [0, 0.05) is 30.6 Å². The lowest BCUT2D eigenvalue weighted by Crippen LogP contribution is -2.35. The third kappa shape index (κ3) is 2.97. The second-order valence-electron chi connectivity index (χ2n) is 7.96. The zero-order chi connectivity index (χ0) is 21.9. The Hall–Kier alpha value is -3.69. The highest BCUT2D eigenvalue weighted by atomic mass is 19.4. The molecule has 0 N–H and O–H groups in total. The molecule has 0 saturated carbocycles. The largest absolute Gasteiger partial charge is 0.450 e. The van der Waals surface area contributed by atoms with Crippen LogP contribution in [0, 0.1) is 0 Å². The summed E-state index contributed by atoms with van der Waals surface area (Å²) in [7, 11) is 0. The van der Waals surface area contributed by atoms with E-state index in [0.717, 1.165) is 48.1 Å². The number of hydrogen-bond acceptors (Lipinski definition) is 6. The van der Waals surface area contributed by atoms with Gasteiger partial charge in [-0.05, 0) is 37.1 Å². The van der Waals surface area contributed by atoms with Gasteiger partial charge in [-0.2, -0.15) is 13.2 Å². The zero-order valence-corrected chi connectivity index (χ0v) is 16.8. The highest BCUT2D eigenvalue weighted by molar-refractivity contribution is 6.05. The molecule has 5 aromatic rings. The molecule has 32 heavy (non-hydrogen) atoms. The summed E-state index contributed by atoms with van der Waals surface area (Å²) in [5, 5.41) is 9.23. The number of benzene rings is 1. The molecule has 7 nitrogen and oxygen atoms in total. The van der Waals surface area contributed by atoms with Crippen molar-refractivity contribution in [2.75, 3.05) is 18.0 Å². The van der Waals surface area contributed by atoms with Gasteiger partial charge in [0.25, 0.3) is 0 Å². The lowest BCUT2D eigenvalue weighted by atomic mass is 9.97. The molecule has 1 atom stereocenters. The van der Waals surface area contributed by atoms with E-state index < -0.39 is 11.7 Å². The molecule has 1 saturated heterocycles. The minimum atomic E-state index is -4.43. The normalized spacial score (nSPS) is 17.6. The van der Waals surface area contributed by atoms with Crippen molar-refractivity contribution < 1.29 is 17.6 Å². The molecule has 1 unspecified atom stereocenters. The predicted molar refractivity (Wildman–Crippen MR) is 111 cm³/mol. The number of nitrogens with zero attached hydrogens (tertiary/aromatic N) is 6. The number of halogens is 3. The van der Waals surface area contributed by atoms with E-state index in [4.69, 9.17) is 4.42 Å². The van der Waals surface area contributed by atoms with Gasteiger partial charge in [-0.25, -0.2) is 9.97 Å². The van der Waals surface area contributed by atoms with Crippen LogP contribution in [0.15, 0.2) is 53.3 Å². The molecule has 162 valence electrons. The molecule has 0 radical (unpaired) electrons. The van der Waals surface area contributed by atoms with Gasteiger partial charge >= 0.3 is 6.18 Å². The monoisotopic (exact) mass is 438 g/mol. The maximum absolute atomic E-state index is 13.2. The fraction of sp³-hybridized carbons (Fsp3) is 0.273. The van der Waals surface area contributed by atoms with Gasteiger partial charge in [-0.1, -0.05) is 12.1 Å². The molecule has 1 fully saturated rings. The molecule has 10 heteroatoms. The minimum absolute atomic E-state index is 0.100. The first-order chi connectivity index (χ1) is 15.5. The van der Waals surface area contributed by atoms with Gasteiger partial charge in [-0.3, -0.25) is 4.40 Å². The number of alkyl halides is 3. The first-order valence-corrected chi connectivity index (χ1v) is 10.3. The quantitative estimate of drug-likeness (QED) is 0.394. The van der Waals surface area contributed by atoms with Crippen molar-refractivity contribution in [3.05, 3.63) is 60.3 Å². The van der Waals surface area contributed by atoms with Crippen LogP contribution in [-0.4, -0.2) is 37.7 Å². The molecule has 1 aliphatic heterocycles. The van der Waals surface area contributed by atoms with Crippen molar-refractivity contribution >= 4 is 33.5 Å². The van der Waals surface area contributed by atoms with Crippen LogP contribution < -0.4 is 4.90 Å². The molecule has 0 aliphatic carbocycles. The smallest absolute Gasteiger partial charge is 0.417 e. The van der Waals surface area contributed by atoms with Gasteiger partial charge in [0.15, 0.2) is 17.0 Å². The minimum Gasteiger partial charge on any atom is -0.450 e. The average Bonchev–Trinajstić information content (AvgIpc) is 3.39. The second kappa shape index (κ2) is 6.91. The van der Waals surface area contributed by atoms with Crippen LogP contribution in [0.2, 0.25) is 0 Å². The molecule has 6 rings (SSSR count). The topological polar surface area (TPSA) is 72.3 Å². The van der Waals surface area contributed by atoms with Crippen LogP contribution in [0.1, 0.15) is 30.1 Å². The zero-order valence-electron chi connectivity index (χ0n) is 16.8. The summed E-state index contributed by atoms with van der Waals surface area (Å²) in [6, 6.07) is 10.1. The van der Waals surface area contributed by atoms with Crippen molar-refractivity contribution in [1.82, 2.24) is 24.6 Å². The number of fused-ring (bicyclic) bond motifs is 4. The molecular weight excluding hydrogens is 421 g/mol. The van der Waals surface area contributed by atoms with Crippen LogP contribution >= 0.6 is 0 Å². The number of hydrogen-bond donors (Lipinski definition) is 0. The van der Waals surface area contributed by atoms with Crippen molar-refractivity contribution in [2.45, 2.75) is 24.9 Å². The molecule has 1 aliphatic rings. The maximum atomic E-state index is 13.2. The number of anilines is 1. The first-order valence-electron chi connectivity index (χ1n) is 10.3. The van der Waals surface area contributed by atoms with Gasteiger partial charge in [0.2, 0.25) is 0 Å². The van der Waals surface area contributed by atoms with E-state index in [1.54, 1.807) is 0 Å². The lowest BCUT2D eigenvalue weighted by molar-refractivity contribution is -0.137. The summed E-state index contributed by atoms with van der Waals surface area (Å²) in [6.07, 6.45) is -0.203. The summed E-state index contributed by atoms with van der Waals surface area (Å²) in [5.41, 5.74) is 1.77. The Morgan fingerprint density at radius 1 is 1.03 bits per heavy atom. The summed E-state index contributed by atoms with van der Waals surface area (Å²) >= 11 is 0.